The zero-order valence-electron chi connectivity index (χ0n) is 10.9. The molecule has 19 heavy (non-hydrogen) atoms. The normalized spacial score (nSPS) is 30.3. The Bertz CT molecular complexity index is 374. The van der Waals surface area contributed by atoms with Crippen LogP contribution in [0.2, 0.25) is 10.6 Å². The topological polar surface area (TPSA) is 96.0 Å². The zero-order chi connectivity index (χ0) is 14.6. The second kappa shape index (κ2) is 6.77. The second-order valence-electron chi connectivity index (χ2n) is 4.14. The van der Waals surface area contributed by atoms with Crippen LogP contribution in [0.25, 0.3) is 0 Å². The summed E-state index contributed by atoms with van der Waals surface area (Å²) in [5.74, 6) is -1.71. The van der Waals surface area contributed by atoms with E-state index in [4.69, 9.17) is 14.2 Å². The van der Waals surface area contributed by atoms with Crippen molar-refractivity contribution < 1.29 is 32.4 Å². The van der Waals surface area contributed by atoms with Crippen LogP contribution in [0.15, 0.2) is 0 Å². The van der Waals surface area contributed by atoms with Gasteiger partial charge in [0.25, 0.3) is 0 Å². The maximum absolute atomic E-state index is 11.8. The first kappa shape index (κ1) is 15.8. The number of hydrogen-bond donors (Lipinski definition) is 0. The Morgan fingerprint density at radius 1 is 0.842 bits per heavy atom. The van der Waals surface area contributed by atoms with Crippen molar-refractivity contribution in [2.45, 2.75) is 49.7 Å². The third-order valence-electron chi connectivity index (χ3n) is 2.37. The van der Waals surface area contributed by atoms with Gasteiger partial charge in [0.2, 0.25) is 0 Å². The molecule has 0 aromatic rings. The molecule has 1 saturated heterocycles. The molecular weight excluding hydrogens is 323 g/mol. The van der Waals surface area contributed by atoms with Crippen LogP contribution in [0, 0.1) is 0 Å². The second-order valence-corrected chi connectivity index (χ2v) is 7.39. The fourth-order valence-electron chi connectivity index (χ4n) is 1.84. The van der Waals surface area contributed by atoms with E-state index in [1.807, 2.05) is 0 Å². The average Bonchev–Trinajstić information content (AvgIpc) is 2.20. The molecule has 1 heterocycles. The molecule has 4 atom stereocenters. The minimum atomic E-state index is -2.27. The predicted molar refractivity (Wildman–Crippen MR) is 62.7 cm³/mol. The monoisotopic (exact) mass is 340 g/mol. The van der Waals surface area contributed by atoms with Gasteiger partial charge in [-0.2, -0.15) is 0 Å². The number of rotatable bonds is 3. The van der Waals surface area contributed by atoms with E-state index in [1.54, 1.807) is 0 Å². The van der Waals surface area contributed by atoms with Crippen LogP contribution in [0.1, 0.15) is 20.8 Å². The van der Waals surface area contributed by atoms with Crippen LogP contribution in [0.5, 0.6) is 0 Å². The van der Waals surface area contributed by atoms with Crippen LogP contribution < -0.4 is 0 Å². The molecule has 1 fully saturated rings. The summed E-state index contributed by atoms with van der Waals surface area (Å²) in [6, 6.07) is 0. The molecule has 0 spiro atoms. The summed E-state index contributed by atoms with van der Waals surface area (Å²) in [7, 11) is 0. The molecule has 0 aliphatic carbocycles. The minimum absolute atomic E-state index is 0.148. The Kier molecular flexibility index (Phi) is 5.62. The van der Waals surface area contributed by atoms with Gasteiger partial charge in [0.15, 0.2) is 0 Å². The van der Waals surface area contributed by atoms with Crippen molar-refractivity contribution in [3.8, 4) is 0 Å². The first-order valence-electron chi connectivity index (χ1n) is 5.66. The molecule has 1 aliphatic rings. The van der Waals surface area contributed by atoms with E-state index in [9.17, 15) is 18.2 Å². The van der Waals surface area contributed by atoms with Crippen molar-refractivity contribution >= 4 is 31.7 Å². The fraction of sp³-hybridized carbons (Fsp3) is 0.727. The molecule has 0 radical (unpaired) electrons. The van der Waals surface area contributed by atoms with Gasteiger partial charge < -0.3 is 0 Å². The van der Waals surface area contributed by atoms with E-state index in [0.717, 1.165) is 0 Å². The molecule has 0 N–H and O–H groups in total. The molecule has 0 bridgehead atoms. The zero-order valence-corrected chi connectivity index (χ0v) is 12.6. The van der Waals surface area contributed by atoms with Crippen molar-refractivity contribution in [1.82, 2.24) is 0 Å². The summed E-state index contributed by atoms with van der Waals surface area (Å²) in [5.41, 5.74) is 0. The molecule has 8 heteroatoms. The van der Waals surface area contributed by atoms with E-state index in [1.165, 1.54) is 20.8 Å². The Morgan fingerprint density at radius 2 is 1.21 bits per heavy atom. The summed E-state index contributed by atoms with van der Waals surface area (Å²) < 4.78 is 26.8. The van der Waals surface area contributed by atoms with E-state index >= 15 is 0 Å². The Hall–Kier alpha value is -1.27. The van der Waals surface area contributed by atoms with Gasteiger partial charge in [0, 0.05) is 0 Å². The van der Waals surface area contributed by atoms with E-state index in [2.05, 4.69) is 0 Å². The van der Waals surface area contributed by atoms with Crippen molar-refractivity contribution in [2.24, 2.45) is 0 Å². The third kappa shape index (κ3) is 5.08. The van der Waals surface area contributed by atoms with E-state index in [-0.39, 0.29) is 10.6 Å². The molecular formula is C11H16O7Se. The van der Waals surface area contributed by atoms with Crippen LogP contribution in [-0.2, 0) is 32.4 Å². The molecule has 0 amide bonds. The molecule has 1 rings (SSSR count). The van der Waals surface area contributed by atoms with Gasteiger partial charge in [0.1, 0.15) is 0 Å². The summed E-state index contributed by atoms with van der Waals surface area (Å²) >= 11 is -2.27. The van der Waals surface area contributed by atoms with Crippen molar-refractivity contribution in [3.63, 3.8) is 0 Å². The van der Waals surface area contributed by atoms with Gasteiger partial charge >= 0.3 is 114 Å². The number of carbonyl (C=O) groups is 3. The number of carbonyl (C=O) groups excluding carboxylic acids is 3. The van der Waals surface area contributed by atoms with Crippen LogP contribution in [0.4, 0.5) is 0 Å². The van der Waals surface area contributed by atoms with Gasteiger partial charge in [-0.1, -0.05) is 0 Å². The summed E-state index contributed by atoms with van der Waals surface area (Å²) in [5, 5.41) is 0.296. The summed E-state index contributed by atoms with van der Waals surface area (Å²) in [6.07, 6.45) is -2.57. The Morgan fingerprint density at radius 3 is 1.53 bits per heavy atom. The van der Waals surface area contributed by atoms with Crippen molar-refractivity contribution in [2.75, 3.05) is 0 Å². The first-order valence-corrected chi connectivity index (χ1v) is 8.78. The molecule has 0 saturated carbocycles. The van der Waals surface area contributed by atoms with Crippen LogP contribution in [0.3, 0.4) is 0 Å². The van der Waals surface area contributed by atoms with Gasteiger partial charge in [-0.05, 0) is 0 Å². The van der Waals surface area contributed by atoms with Gasteiger partial charge in [0.05, 0.1) is 0 Å². The quantitative estimate of drug-likeness (QED) is 0.412. The summed E-state index contributed by atoms with van der Waals surface area (Å²) in [4.78, 5) is 33.1. The van der Waals surface area contributed by atoms with Gasteiger partial charge in [-0.25, -0.2) is 0 Å². The molecule has 1 aliphatic heterocycles. The average molecular weight is 339 g/mol. The Balaban J connectivity index is 2.91. The van der Waals surface area contributed by atoms with Crippen molar-refractivity contribution in [3.05, 3.63) is 0 Å². The van der Waals surface area contributed by atoms with Gasteiger partial charge in [-0.15, -0.1) is 0 Å². The van der Waals surface area contributed by atoms with Crippen molar-refractivity contribution in [1.29, 1.82) is 0 Å². The number of esters is 3. The standard InChI is InChI=1S/C11H16O7Se/c1-6(12)16-9-4-19(15)5-10(17-7(2)13)11(9)18-8(3)14/h9-11H,4-5H2,1-3H3/t9-,10+,11?,19?. The van der Waals surface area contributed by atoms with Crippen LogP contribution >= 0.6 is 0 Å². The fourth-order valence-corrected chi connectivity index (χ4v) is 4.74. The Labute approximate surface area is 114 Å². The number of ether oxygens (including phenoxy) is 3. The molecule has 108 valence electrons. The number of hydrogen-bond acceptors (Lipinski definition) is 7. The molecule has 0 aromatic heterocycles. The SMILES string of the molecule is CC(=O)OC1[C@@H](OC(C)=O)C[Se](=O)C[C@H]1OC(C)=O. The molecule has 0 aromatic carbocycles. The van der Waals surface area contributed by atoms with Crippen LogP contribution in [-0.4, -0.2) is 50.1 Å². The van der Waals surface area contributed by atoms with Gasteiger partial charge in [-0.3, -0.25) is 0 Å². The predicted octanol–water partition coefficient (Wildman–Crippen LogP) is 0.217. The van der Waals surface area contributed by atoms with E-state index in [0.29, 0.717) is 0 Å². The summed E-state index contributed by atoms with van der Waals surface area (Å²) in [6.45, 7) is 3.62. The third-order valence-corrected chi connectivity index (χ3v) is 5.31. The van der Waals surface area contributed by atoms with E-state index < -0.39 is 50.1 Å². The maximum atomic E-state index is 11.8. The first-order chi connectivity index (χ1) is 8.79. The molecule has 7 nitrogen and oxygen atoms in total. The molecule has 2 unspecified atom stereocenters.